The van der Waals surface area contributed by atoms with Crippen molar-refractivity contribution in [1.82, 2.24) is 20.5 Å². The molecule has 0 saturated carbocycles. The normalized spacial score (nSPS) is 12.3. The first-order chi connectivity index (χ1) is 11.0. The second-order valence-corrected chi connectivity index (χ2v) is 6.77. The Morgan fingerprint density at radius 2 is 2.13 bits per heavy atom. The molecule has 0 spiro atoms. The second kappa shape index (κ2) is 8.67. The summed E-state index contributed by atoms with van der Waals surface area (Å²) in [6.07, 6.45) is 5.43. The highest BCUT2D eigenvalue weighted by atomic mass is 32.2. The molecule has 0 saturated heterocycles. The Kier molecular flexibility index (Phi) is 6.58. The lowest BCUT2D eigenvalue weighted by Crippen LogP contribution is -2.34. The molecule has 1 atom stereocenters. The van der Waals surface area contributed by atoms with E-state index in [0.29, 0.717) is 17.0 Å². The average molecular weight is 334 g/mol. The highest BCUT2D eigenvalue weighted by Crippen LogP contribution is 2.22. The largest absolute Gasteiger partial charge is 0.411 e. The molecular formula is C16H22N4O2S. The maximum atomic E-state index is 11.9. The molecule has 0 aliphatic carbocycles. The van der Waals surface area contributed by atoms with E-state index in [2.05, 4.69) is 34.3 Å². The molecule has 0 aliphatic rings. The third-order valence-electron chi connectivity index (χ3n) is 3.23. The van der Waals surface area contributed by atoms with Crippen molar-refractivity contribution in [3.05, 3.63) is 24.5 Å². The lowest BCUT2D eigenvalue weighted by Gasteiger charge is -2.14. The number of nitrogens with zero attached hydrogens (tertiary/aromatic N) is 3. The van der Waals surface area contributed by atoms with Gasteiger partial charge in [-0.15, -0.1) is 10.2 Å². The van der Waals surface area contributed by atoms with Crippen molar-refractivity contribution in [3.8, 4) is 11.5 Å². The highest BCUT2D eigenvalue weighted by molar-refractivity contribution is 7.99. The van der Waals surface area contributed by atoms with Crippen LogP contribution in [-0.2, 0) is 4.79 Å². The Morgan fingerprint density at radius 1 is 1.30 bits per heavy atom. The molecule has 0 aliphatic heterocycles. The summed E-state index contributed by atoms with van der Waals surface area (Å²) < 4.78 is 5.52. The van der Waals surface area contributed by atoms with Crippen LogP contribution < -0.4 is 5.32 Å². The number of carbonyl (C=O) groups excluding carboxylic acids is 1. The third-order valence-corrected chi connectivity index (χ3v) is 4.04. The number of carbonyl (C=O) groups is 1. The van der Waals surface area contributed by atoms with Gasteiger partial charge in [0, 0.05) is 18.4 Å². The maximum absolute atomic E-state index is 11.9. The molecule has 1 amide bonds. The fourth-order valence-corrected chi connectivity index (χ4v) is 2.55. The summed E-state index contributed by atoms with van der Waals surface area (Å²) in [5.74, 6) is 1.30. The van der Waals surface area contributed by atoms with Crippen LogP contribution in [-0.4, -0.2) is 32.9 Å². The van der Waals surface area contributed by atoms with E-state index in [4.69, 9.17) is 4.42 Å². The zero-order valence-electron chi connectivity index (χ0n) is 13.7. The van der Waals surface area contributed by atoms with E-state index in [1.165, 1.54) is 11.8 Å². The fraction of sp³-hybridized carbons (Fsp3) is 0.500. The van der Waals surface area contributed by atoms with Gasteiger partial charge in [0.05, 0.1) is 11.3 Å². The minimum Gasteiger partial charge on any atom is -0.411 e. The van der Waals surface area contributed by atoms with Gasteiger partial charge >= 0.3 is 0 Å². The number of hydrogen-bond donors (Lipinski definition) is 1. The summed E-state index contributed by atoms with van der Waals surface area (Å²) in [5, 5.41) is 11.3. The van der Waals surface area contributed by atoms with Crippen molar-refractivity contribution in [2.24, 2.45) is 5.92 Å². The van der Waals surface area contributed by atoms with Crippen molar-refractivity contribution < 1.29 is 9.21 Å². The quantitative estimate of drug-likeness (QED) is 0.747. The molecule has 1 N–H and O–H groups in total. The standard InChI is InChI=1S/C16H22N4O2S/c1-11(2)6-7-12(3)18-14(21)10-23-16-20-19-15(22-16)13-5-4-8-17-9-13/h4-5,8-9,11-12H,6-7,10H2,1-3H3,(H,18,21)/t12-/m1/s1. The van der Waals surface area contributed by atoms with Crippen molar-refractivity contribution in [1.29, 1.82) is 0 Å². The molecule has 0 aromatic carbocycles. The van der Waals surface area contributed by atoms with Crippen LogP contribution in [0.2, 0.25) is 0 Å². The van der Waals surface area contributed by atoms with Gasteiger partial charge in [-0.2, -0.15) is 0 Å². The number of aromatic nitrogens is 3. The summed E-state index contributed by atoms with van der Waals surface area (Å²) in [4.78, 5) is 15.9. The Labute approximate surface area is 140 Å². The van der Waals surface area contributed by atoms with Crippen molar-refractivity contribution >= 4 is 17.7 Å². The molecule has 6 nitrogen and oxygen atoms in total. The van der Waals surface area contributed by atoms with E-state index in [0.717, 1.165) is 18.4 Å². The van der Waals surface area contributed by atoms with Gasteiger partial charge in [-0.25, -0.2) is 0 Å². The number of rotatable bonds is 8. The third kappa shape index (κ3) is 6.02. The highest BCUT2D eigenvalue weighted by Gasteiger charge is 2.13. The predicted octanol–water partition coefficient (Wildman–Crippen LogP) is 3.16. The average Bonchev–Trinajstić information content (AvgIpc) is 3.01. The smallest absolute Gasteiger partial charge is 0.277 e. The number of hydrogen-bond acceptors (Lipinski definition) is 6. The van der Waals surface area contributed by atoms with Gasteiger partial charge in [0.1, 0.15) is 0 Å². The summed E-state index contributed by atoms with van der Waals surface area (Å²) in [6.45, 7) is 6.39. The van der Waals surface area contributed by atoms with Crippen LogP contribution in [0.3, 0.4) is 0 Å². The zero-order valence-corrected chi connectivity index (χ0v) is 14.5. The molecule has 0 radical (unpaired) electrons. The minimum atomic E-state index is -0.0209. The van der Waals surface area contributed by atoms with E-state index >= 15 is 0 Å². The molecule has 0 fully saturated rings. The number of thioether (sulfide) groups is 1. The van der Waals surface area contributed by atoms with E-state index in [9.17, 15) is 4.79 Å². The van der Waals surface area contributed by atoms with Crippen LogP contribution in [0, 0.1) is 5.92 Å². The lowest BCUT2D eigenvalue weighted by molar-refractivity contribution is -0.119. The van der Waals surface area contributed by atoms with Gasteiger partial charge in [0.2, 0.25) is 11.8 Å². The summed E-state index contributed by atoms with van der Waals surface area (Å²) >= 11 is 1.24. The molecule has 2 aromatic rings. The number of amides is 1. The first-order valence-electron chi connectivity index (χ1n) is 7.70. The van der Waals surface area contributed by atoms with Crippen molar-refractivity contribution in [2.75, 3.05) is 5.75 Å². The van der Waals surface area contributed by atoms with Gasteiger partial charge in [-0.1, -0.05) is 25.6 Å². The van der Waals surface area contributed by atoms with E-state index in [-0.39, 0.29) is 17.7 Å². The summed E-state index contributed by atoms with van der Waals surface area (Å²) in [6, 6.07) is 3.83. The van der Waals surface area contributed by atoms with Crippen LogP contribution in [0.5, 0.6) is 0 Å². The van der Waals surface area contributed by atoms with Crippen LogP contribution >= 0.6 is 11.8 Å². The van der Waals surface area contributed by atoms with Gasteiger partial charge in [0.15, 0.2) is 0 Å². The van der Waals surface area contributed by atoms with Crippen LogP contribution in [0.1, 0.15) is 33.6 Å². The van der Waals surface area contributed by atoms with Crippen molar-refractivity contribution in [2.45, 2.75) is 44.9 Å². The topological polar surface area (TPSA) is 80.9 Å². The Bertz CT molecular complexity index is 616. The summed E-state index contributed by atoms with van der Waals surface area (Å²) in [7, 11) is 0. The van der Waals surface area contributed by atoms with E-state index in [1.54, 1.807) is 18.5 Å². The maximum Gasteiger partial charge on any atom is 0.277 e. The van der Waals surface area contributed by atoms with E-state index < -0.39 is 0 Å². The molecule has 124 valence electrons. The van der Waals surface area contributed by atoms with Gasteiger partial charge in [-0.05, 0) is 37.8 Å². The Hall–Kier alpha value is -1.89. The Morgan fingerprint density at radius 3 is 2.83 bits per heavy atom. The SMILES string of the molecule is CC(C)CC[C@@H](C)NC(=O)CSc1nnc(-c2cccnc2)o1. The summed E-state index contributed by atoms with van der Waals surface area (Å²) in [5.41, 5.74) is 0.763. The van der Waals surface area contributed by atoms with Crippen molar-refractivity contribution in [3.63, 3.8) is 0 Å². The van der Waals surface area contributed by atoms with Gasteiger partial charge in [-0.3, -0.25) is 9.78 Å². The van der Waals surface area contributed by atoms with Gasteiger partial charge in [0.25, 0.3) is 5.22 Å². The monoisotopic (exact) mass is 334 g/mol. The molecule has 2 aromatic heterocycles. The first kappa shape index (κ1) is 17.5. The molecule has 2 heterocycles. The van der Waals surface area contributed by atoms with Crippen LogP contribution in [0.4, 0.5) is 0 Å². The lowest BCUT2D eigenvalue weighted by atomic mass is 10.0. The molecule has 0 unspecified atom stereocenters. The number of nitrogens with one attached hydrogen (secondary N) is 1. The molecule has 23 heavy (non-hydrogen) atoms. The second-order valence-electron chi connectivity index (χ2n) is 5.84. The van der Waals surface area contributed by atoms with Crippen LogP contribution in [0.15, 0.2) is 34.2 Å². The minimum absolute atomic E-state index is 0.0209. The predicted molar refractivity (Wildman–Crippen MR) is 89.9 cm³/mol. The fourth-order valence-electron chi connectivity index (χ4n) is 1.97. The molecular weight excluding hydrogens is 312 g/mol. The number of pyridine rings is 1. The first-order valence-corrected chi connectivity index (χ1v) is 8.69. The molecule has 7 heteroatoms. The zero-order chi connectivity index (χ0) is 16.7. The molecule has 0 bridgehead atoms. The van der Waals surface area contributed by atoms with Crippen LogP contribution in [0.25, 0.3) is 11.5 Å². The Balaban J connectivity index is 1.78. The molecule has 2 rings (SSSR count). The van der Waals surface area contributed by atoms with Gasteiger partial charge < -0.3 is 9.73 Å². The van der Waals surface area contributed by atoms with E-state index in [1.807, 2.05) is 13.0 Å².